The standard InChI is InChI=1S/C25H27FN4O3/c1-16-5-6-19(15-20(16)26)25(33)28-12-11-27-24(32)18-9-13-30(14-10-18)22-8-7-17-3-2-4-21(31)23(17)29-22/h2-8,15,18,31H,9-14H2,1H3,(H,27,32)(H,28,33). The van der Waals surface area contributed by atoms with Gasteiger partial charge in [-0.15, -0.1) is 0 Å². The van der Waals surface area contributed by atoms with Crippen LogP contribution in [0.5, 0.6) is 5.75 Å². The summed E-state index contributed by atoms with van der Waals surface area (Å²) in [6, 6.07) is 13.5. The Morgan fingerprint density at radius 1 is 1.09 bits per heavy atom. The number of nitrogens with zero attached hydrogens (tertiary/aromatic N) is 2. The van der Waals surface area contributed by atoms with Crippen LogP contribution >= 0.6 is 0 Å². The number of aryl methyl sites for hydroxylation is 1. The molecule has 1 saturated heterocycles. The van der Waals surface area contributed by atoms with Crippen LogP contribution in [0.15, 0.2) is 48.5 Å². The number of amides is 2. The average Bonchev–Trinajstić information content (AvgIpc) is 2.83. The molecule has 2 heterocycles. The van der Waals surface area contributed by atoms with E-state index in [-0.39, 0.29) is 35.6 Å². The van der Waals surface area contributed by atoms with Crippen molar-refractivity contribution in [3.05, 3.63) is 65.5 Å². The van der Waals surface area contributed by atoms with E-state index in [1.54, 1.807) is 31.2 Å². The lowest BCUT2D eigenvalue weighted by Gasteiger charge is -2.32. The normalized spacial score (nSPS) is 14.3. The van der Waals surface area contributed by atoms with Gasteiger partial charge < -0.3 is 20.6 Å². The van der Waals surface area contributed by atoms with Crippen LogP contribution < -0.4 is 15.5 Å². The first-order valence-electron chi connectivity index (χ1n) is 11.1. The fraction of sp³-hybridized carbons (Fsp3) is 0.320. The van der Waals surface area contributed by atoms with Crippen LogP contribution in [-0.4, -0.2) is 48.1 Å². The minimum absolute atomic E-state index is 0.0330. The van der Waals surface area contributed by atoms with Gasteiger partial charge in [0.2, 0.25) is 5.91 Å². The lowest BCUT2D eigenvalue weighted by Crippen LogP contribution is -2.42. The van der Waals surface area contributed by atoms with Crippen molar-refractivity contribution in [2.45, 2.75) is 19.8 Å². The molecule has 2 amide bonds. The summed E-state index contributed by atoms with van der Waals surface area (Å²) in [4.78, 5) is 31.3. The van der Waals surface area contributed by atoms with Crippen molar-refractivity contribution in [1.82, 2.24) is 15.6 Å². The van der Waals surface area contributed by atoms with E-state index in [1.165, 1.54) is 6.07 Å². The third-order valence-corrected chi connectivity index (χ3v) is 6.02. The zero-order valence-electron chi connectivity index (χ0n) is 18.5. The molecule has 1 fully saturated rings. The molecule has 33 heavy (non-hydrogen) atoms. The van der Waals surface area contributed by atoms with Crippen LogP contribution in [-0.2, 0) is 4.79 Å². The van der Waals surface area contributed by atoms with E-state index in [4.69, 9.17) is 0 Å². The molecule has 0 spiro atoms. The highest BCUT2D eigenvalue weighted by Gasteiger charge is 2.25. The molecule has 3 N–H and O–H groups in total. The van der Waals surface area contributed by atoms with E-state index in [0.29, 0.717) is 43.6 Å². The first-order chi connectivity index (χ1) is 15.9. The van der Waals surface area contributed by atoms with Crippen LogP contribution in [0.1, 0.15) is 28.8 Å². The van der Waals surface area contributed by atoms with Gasteiger partial charge in [-0.3, -0.25) is 9.59 Å². The van der Waals surface area contributed by atoms with E-state index in [9.17, 15) is 19.1 Å². The molecule has 0 saturated carbocycles. The van der Waals surface area contributed by atoms with Crippen molar-refractivity contribution in [3.63, 3.8) is 0 Å². The molecule has 0 radical (unpaired) electrons. The Bertz CT molecular complexity index is 1180. The Morgan fingerprint density at radius 3 is 2.61 bits per heavy atom. The van der Waals surface area contributed by atoms with Gasteiger partial charge in [0.05, 0.1) is 0 Å². The van der Waals surface area contributed by atoms with Crippen LogP contribution in [0.4, 0.5) is 10.2 Å². The fourth-order valence-corrected chi connectivity index (χ4v) is 4.01. The van der Waals surface area contributed by atoms with Gasteiger partial charge in [0.1, 0.15) is 22.9 Å². The largest absolute Gasteiger partial charge is 0.506 e. The van der Waals surface area contributed by atoms with Gasteiger partial charge in [-0.2, -0.15) is 0 Å². The zero-order chi connectivity index (χ0) is 23.4. The Kier molecular flexibility index (Phi) is 6.72. The predicted octanol–water partition coefficient (Wildman–Crippen LogP) is 3.15. The lowest BCUT2D eigenvalue weighted by molar-refractivity contribution is -0.125. The van der Waals surface area contributed by atoms with Crippen molar-refractivity contribution >= 4 is 28.5 Å². The first kappa shape index (κ1) is 22.5. The van der Waals surface area contributed by atoms with Crippen molar-refractivity contribution < 1.29 is 19.1 Å². The topological polar surface area (TPSA) is 94.6 Å². The minimum atomic E-state index is -0.419. The maximum absolute atomic E-state index is 13.6. The van der Waals surface area contributed by atoms with Crippen LogP contribution in [0.25, 0.3) is 10.9 Å². The fourth-order valence-electron chi connectivity index (χ4n) is 4.01. The number of phenols is 1. The number of pyridine rings is 1. The second-order valence-electron chi connectivity index (χ2n) is 8.29. The van der Waals surface area contributed by atoms with Gasteiger partial charge in [0.15, 0.2) is 0 Å². The van der Waals surface area contributed by atoms with Crippen LogP contribution in [0, 0.1) is 18.7 Å². The monoisotopic (exact) mass is 450 g/mol. The van der Waals surface area contributed by atoms with Gasteiger partial charge in [0.25, 0.3) is 5.91 Å². The number of halogens is 1. The molecule has 2 aromatic carbocycles. The van der Waals surface area contributed by atoms with Crippen molar-refractivity contribution in [1.29, 1.82) is 0 Å². The Balaban J connectivity index is 1.22. The molecular weight excluding hydrogens is 423 g/mol. The molecule has 8 heteroatoms. The van der Waals surface area contributed by atoms with Crippen LogP contribution in [0.2, 0.25) is 0 Å². The number of carbonyl (C=O) groups is 2. The molecule has 7 nitrogen and oxygen atoms in total. The number of carbonyl (C=O) groups excluding carboxylic acids is 2. The number of benzene rings is 2. The summed E-state index contributed by atoms with van der Waals surface area (Å²) < 4.78 is 13.6. The van der Waals surface area contributed by atoms with E-state index < -0.39 is 5.82 Å². The number of fused-ring (bicyclic) bond motifs is 1. The summed E-state index contributed by atoms with van der Waals surface area (Å²) in [5.41, 5.74) is 1.32. The van der Waals surface area contributed by atoms with E-state index >= 15 is 0 Å². The molecule has 1 aliphatic rings. The molecule has 0 bridgehead atoms. The number of anilines is 1. The third-order valence-electron chi connectivity index (χ3n) is 6.02. The molecule has 0 unspecified atom stereocenters. The molecule has 1 aliphatic heterocycles. The molecular formula is C25H27FN4O3. The summed E-state index contributed by atoms with van der Waals surface area (Å²) in [7, 11) is 0. The van der Waals surface area contributed by atoms with Crippen LogP contribution in [0.3, 0.4) is 0 Å². The third kappa shape index (κ3) is 5.22. The number of hydrogen-bond acceptors (Lipinski definition) is 5. The second kappa shape index (κ2) is 9.85. The van der Waals surface area contributed by atoms with Crippen molar-refractivity contribution in [2.24, 2.45) is 5.92 Å². The smallest absolute Gasteiger partial charge is 0.251 e. The van der Waals surface area contributed by atoms with Gasteiger partial charge in [0, 0.05) is 43.0 Å². The molecule has 4 rings (SSSR count). The van der Waals surface area contributed by atoms with Gasteiger partial charge in [-0.1, -0.05) is 18.2 Å². The predicted molar refractivity (Wildman–Crippen MR) is 125 cm³/mol. The minimum Gasteiger partial charge on any atom is -0.506 e. The van der Waals surface area contributed by atoms with Crippen molar-refractivity contribution in [3.8, 4) is 5.75 Å². The number of nitrogens with one attached hydrogen (secondary N) is 2. The number of aromatic hydroxyl groups is 1. The Labute approximate surface area is 191 Å². The molecule has 0 atom stereocenters. The summed E-state index contributed by atoms with van der Waals surface area (Å²) >= 11 is 0. The van der Waals surface area contributed by atoms with E-state index in [2.05, 4.69) is 20.5 Å². The Hall–Kier alpha value is -3.68. The highest BCUT2D eigenvalue weighted by atomic mass is 19.1. The number of phenolic OH excluding ortho intramolecular Hbond substituents is 1. The molecule has 0 aliphatic carbocycles. The molecule has 1 aromatic heterocycles. The maximum atomic E-state index is 13.6. The Morgan fingerprint density at radius 2 is 1.85 bits per heavy atom. The number of hydrogen-bond donors (Lipinski definition) is 3. The number of para-hydroxylation sites is 1. The highest BCUT2D eigenvalue weighted by molar-refractivity contribution is 5.94. The number of aromatic nitrogens is 1. The maximum Gasteiger partial charge on any atom is 0.251 e. The number of piperidine rings is 1. The van der Waals surface area contributed by atoms with E-state index in [1.807, 2.05) is 18.2 Å². The average molecular weight is 451 g/mol. The second-order valence-corrected chi connectivity index (χ2v) is 8.29. The number of rotatable bonds is 6. The summed E-state index contributed by atoms with van der Waals surface area (Å²) in [5.74, 6) is 0.0242. The zero-order valence-corrected chi connectivity index (χ0v) is 18.5. The summed E-state index contributed by atoms with van der Waals surface area (Å²) in [6.07, 6.45) is 1.39. The van der Waals surface area contributed by atoms with Crippen molar-refractivity contribution in [2.75, 3.05) is 31.1 Å². The van der Waals surface area contributed by atoms with E-state index in [0.717, 1.165) is 11.2 Å². The van der Waals surface area contributed by atoms with Gasteiger partial charge >= 0.3 is 0 Å². The molecule has 172 valence electrons. The molecule has 3 aromatic rings. The highest BCUT2D eigenvalue weighted by Crippen LogP contribution is 2.27. The summed E-state index contributed by atoms with van der Waals surface area (Å²) in [5, 5.41) is 16.5. The summed E-state index contributed by atoms with van der Waals surface area (Å²) in [6.45, 7) is 3.61. The SMILES string of the molecule is Cc1ccc(C(=O)NCCNC(=O)C2CCN(c3ccc4cccc(O)c4n3)CC2)cc1F. The van der Waals surface area contributed by atoms with Gasteiger partial charge in [-0.25, -0.2) is 9.37 Å². The quantitative estimate of drug-likeness (QED) is 0.502. The first-order valence-corrected chi connectivity index (χ1v) is 11.1. The lowest BCUT2D eigenvalue weighted by atomic mass is 9.96. The van der Waals surface area contributed by atoms with Gasteiger partial charge in [-0.05, 0) is 55.7 Å².